The van der Waals surface area contributed by atoms with Crippen LogP contribution in [0.15, 0.2) is 46.0 Å². The molecule has 2 aromatic rings. The number of nitrogens with one attached hydrogen (secondary N) is 2. The first-order valence-electron chi connectivity index (χ1n) is 5.56. The van der Waals surface area contributed by atoms with Crippen molar-refractivity contribution in [3.63, 3.8) is 0 Å². The Morgan fingerprint density at radius 1 is 1.25 bits per heavy atom. The van der Waals surface area contributed by atoms with E-state index in [2.05, 4.69) is 10.0 Å². The van der Waals surface area contributed by atoms with Crippen LogP contribution in [0.2, 0.25) is 5.02 Å². The van der Waals surface area contributed by atoms with Crippen LogP contribution in [0.1, 0.15) is 0 Å². The van der Waals surface area contributed by atoms with Gasteiger partial charge in [-0.1, -0.05) is 23.7 Å². The van der Waals surface area contributed by atoms with Crippen molar-refractivity contribution in [1.82, 2.24) is 4.72 Å². The van der Waals surface area contributed by atoms with E-state index in [0.717, 1.165) is 11.3 Å². The Morgan fingerprint density at radius 3 is 2.70 bits per heavy atom. The molecule has 0 bridgehead atoms. The molecule has 8 heteroatoms. The van der Waals surface area contributed by atoms with Gasteiger partial charge in [-0.2, -0.15) is 0 Å². The Balaban J connectivity index is 1.93. The fraction of sp³-hybridized carbons (Fsp3) is 0.0833. The van der Waals surface area contributed by atoms with Crippen molar-refractivity contribution in [1.29, 1.82) is 0 Å². The van der Waals surface area contributed by atoms with Gasteiger partial charge < -0.3 is 5.32 Å². The number of amides is 1. The summed E-state index contributed by atoms with van der Waals surface area (Å²) in [5.41, 5.74) is 0.512. The van der Waals surface area contributed by atoms with Crippen LogP contribution in [0.5, 0.6) is 0 Å². The average molecular weight is 331 g/mol. The molecule has 0 saturated carbocycles. The van der Waals surface area contributed by atoms with Crippen LogP contribution in [-0.4, -0.2) is 20.9 Å². The van der Waals surface area contributed by atoms with Gasteiger partial charge in [0.15, 0.2) is 0 Å². The highest BCUT2D eigenvalue weighted by Crippen LogP contribution is 2.16. The van der Waals surface area contributed by atoms with Crippen LogP contribution in [0, 0.1) is 0 Å². The van der Waals surface area contributed by atoms with Crippen LogP contribution >= 0.6 is 22.9 Å². The Kier molecular flexibility index (Phi) is 4.77. The zero-order chi connectivity index (χ0) is 14.6. The van der Waals surface area contributed by atoms with E-state index in [4.69, 9.17) is 11.6 Å². The van der Waals surface area contributed by atoms with Gasteiger partial charge in [0.1, 0.15) is 4.21 Å². The number of carbonyl (C=O) groups excluding carboxylic acids is 1. The molecule has 1 amide bonds. The molecule has 1 aromatic heterocycles. The molecule has 0 fully saturated rings. The van der Waals surface area contributed by atoms with Crippen LogP contribution in [0.25, 0.3) is 0 Å². The molecular formula is C12H11ClN2O3S2. The second-order valence-electron chi connectivity index (χ2n) is 3.82. The highest BCUT2D eigenvalue weighted by molar-refractivity contribution is 7.91. The van der Waals surface area contributed by atoms with E-state index in [1.54, 1.807) is 35.7 Å². The average Bonchev–Trinajstić information content (AvgIpc) is 2.91. The smallest absolute Gasteiger partial charge is 0.250 e. The monoisotopic (exact) mass is 330 g/mol. The zero-order valence-corrected chi connectivity index (χ0v) is 12.6. The van der Waals surface area contributed by atoms with Crippen molar-refractivity contribution in [3.8, 4) is 0 Å². The molecule has 0 aliphatic rings. The van der Waals surface area contributed by atoms with Gasteiger partial charge in [0, 0.05) is 10.7 Å². The molecule has 0 atom stereocenters. The van der Waals surface area contributed by atoms with Gasteiger partial charge >= 0.3 is 0 Å². The van der Waals surface area contributed by atoms with Crippen LogP contribution in [0.4, 0.5) is 5.69 Å². The molecule has 106 valence electrons. The number of anilines is 1. The van der Waals surface area contributed by atoms with Gasteiger partial charge in [-0.25, -0.2) is 13.1 Å². The summed E-state index contributed by atoms with van der Waals surface area (Å²) < 4.78 is 26.0. The minimum absolute atomic E-state index is 0.174. The zero-order valence-electron chi connectivity index (χ0n) is 10.2. The van der Waals surface area contributed by atoms with Gasteiger partial charge in [-0.15, -0.1) is 11.3 Å². The molecule has 0 aliphatic carbocycles. The number of hydrogen-bond donors (Lipinski definition) is 2. The minimum Gasteiger partial charge on any atom is -0.325 e. The largest absolute Gasteiger partial charge is 0.325 e. The van der Waals surface area contributed by atoms with Crippen LogP contribution < -0.4 is 10.0 Å². The Hall–Kier alpha value is -1.41. The highest BCUT2D eigenvalue weighted by atomic mass is 35.5. The first-order valence-corrected chi connectivity index (χ1v) is 8.30. The first-order chi connectivity index (χ1) is 9.47. The van der Waals surface area contributed by atoms with E-state index in [9.17, 15) is 13.2 Å². The van der Waals surface area contributed by atoms with Crippen molar-refractivity contribution in [2.75, 3.05) is 11.9 Å². The molecule has 0 spiro atoms. The lowest BCUT2D eigenvalue weighted by molar-refractivity contribution is -0.115. The van der Waals surface area contributed by atoms with Crippen molar-refractivity contribution in [2.24, 2.45) is 0 Å². The van der Waals surface area contributed by atoms with Gasteiger partial charge in [-0.05, 0) is 29.6 Å². The summed E-state index contributed by atoms with van der Waals surface area (Å²) in [6.07, 6.45) is 0. The van der Waals surface area contributed by atoms with Crippen molar-refractivity contribution >= 4 is 44.6 Å². The van der Waals surface area contributed by atoms with E-state index < -0.39 is 15.9 Å². The number of halogens is 1. The summed E-state index contributed by atoms with van der Waals surface area (Å²) in [7, 11) is -3.63. The highest BCUT2D eigenvalue weighted by Gasteiger charge is 2.16. The summed E-state index contributed by atoms with van der Waals surface area (Å²) in [5.74, 6) is -0.465. The molecule has 1 aromatic carbocycles. The summed E-state index contributed by atoms with van der Waals surface area (Å²) in [6.45, 7) is -0.341. The second-order valence-corrected chi connectivity index (χ2v) is 7.19. The number of sulfonamides is 1. The molecule has 20 heavy (non-hydrogen) atoms. The summed E-state index contributed by atoms with van der Waals surface area (Å²) >= 11 is 6.87. The van der Waals surface area contributed by atoms with E-state index >= 15 is 0 Å². The lowest BCUT2D eigenvalue weighted by Crippen LogP contribution is -2.32. The standard InChI is InChI=1S/C12H11ClN2O3S2/c13-9-3-1-4-10(7-9)15-11(16)8-14-20(17,18)12-5-2-6-19-12/h1-7,14H,8H2,(H,15,16). The molecule has 5 nitrogen and oxygen atoms in total. The van der Waals surface area contributed by atoms with Gasteiger partial charge in [0.05, 0.1) is 6.54 Å². The Morgan fingerprint density at radius 2 is 2.05 bits per heavy atom. The van der Waals surface area contributed by atoms with E-state index in [1.807, 2.05) is 0 Å². The van der Waals surface area contributed by atoms with Crippen molar-refractivity contribution < 1.29 is 13.2 Å². The third kappa shape index (κ3) is 4.04. The SMILES string of the molecule is O=C(CNS(=O)(=O)c1cccs1)Nc1cccc(Cl)c1. The quantitative estimate of drug-likeness (QED) is 0.883. The molecule has 2 rings (SSSR count). The summed E-state index contributed by atoms with van der Waals surface area (Å²) in [5, 5.41) is 4.70. The van der Waals surface area contributed by atoms with Crippen molar-refractivity contribution in [2.45, 2.75) is 4.21 Å². The van der Waals surface area contributed by atoms with Crippen LogP contribution in [0.3, 0.4) is 0 Å². The topological polar surface area (TPSA) is 75.3 Å². The molecule has 1 heterocycles. The number of hydrogen-bond acceptors (Lipinski definition) is 4. The number of thiophene rings is 1. The third-order valence-electron chi connectivity index (χ3n) is 2.29. The molecule has 2 N–H and O–H groups in total. The molecule has 0 saturated heterocycles. The second kappa shape index (κ2) is 6.36. The maximum Gasteiger partial charge on any atom is 0.250 e. The van der Waals surface area contributed by atoms with Gasteiger partial charge in [-0.3, -0.25) is 4.79 Å². The predicted octanol–water partition coefficient (Wildman–Crippen LogP) is 2.32. The number of carbonyl (C=O) groups is 1. The fourth-order valence-electron chi connectivity index (χ4n) is 1.42. The van der Waals surface area contributed by atoms with E-state index in [-0.39, 0.29) is 10.8 Å². The number of rotatable bonds is 5. The molecule has 0 aliphatic heterocycles. The Labute approximate surface area is 125 Å². The molecule has 0 radical (unpaired) electrons. The maximum atomic E-state index is 11.8. The first kappa shape index (κ1) is 15.0. The minimum atomic E-state index is -3.63. The normalized spacial score (nSPS) is 11.2. The Bertz CT molecular complexity index is 699. The lowest BCUT2D eigenvalue weighted by Gasteiger charge is -2.07. The number of benzene rings is 1. The maximum absolute atomic E-state index is 11.8. The third-order valence-corrected chi connectivity index (χ3v) is 5.32. The van der Waals surface area contributed by atoms with Gasteiger partial charge in [0.2, 0.25) is 5.91 Å². The summed E-state index contributed by atoms with van der Waals surface area (Å²) in [6, 6.07) is 9.71. The van der Waals surface area contributed by atoms with Crippen molar-refractivity contribution in [3.05, 3.63) is 46.8 Å². The van der Waals surface area contributed by atoms with E-state index in [0.29, 0.717) is 10.7 Å². The summed E-state index contributed by atoms with van der Waals surface area (Å²) in [4.78, 5) is 11.7. The van der Waals surface area contributed by atoms with Gasteiger partial charge in [0.25, 0.3) is 10.0 Å². The van der Waals surface area contributed by atoms with Crippen LogP contribution in [-0.2, 0) is 14.8 Å². The lowest BCUT2D eigenvalue weighted by atomic mass is 10.3. The molecular weight excluding hydrogens is 320 g/mol. The van der Waals surface area contributed by atoms with E-state index in [1.165, 1.54) is 6.07 Å². The molecule has 0 unspecified atom stereocenters. The fourth-order valence-corrected chi connectivity index (χ4v) is 3.63. The predicted molar refractivity (Wildman–Crippen MR) is 79.6 cm³/mol.